The second-order valence-electron chi connectivity index (χ2n) is 8.07. The van der Waals surface area contributed by atoms with Crippen LogP contribution in [0.1, 0.15) is 37.8 Å². The Morgan fingerprint density at radius 3 is 2.34 bits per heavy atom. The first kappa shape index (κ1) is 27.2. The van der Waals surface area contributed by atoms with Crippen molar-refractivity contribution in [1.29, 1.82) is 0 Å². The van der Waals surface area contributed by atoms with Gasteiger partial charge < -0.3 is 41.6 Å². The lowest BCUT2D eigenvalue weighted by Gasteiger charge is -2.28. The number of carbonyl (C=O) groups is 6. The Hall–Kier alpha value is -4.01. The van der Waals surface area contributed by atoms with Gasteiger partial charge in [0.15, 0.2) is 0 Å². The number of carboxylic acid groups (broad SMARTS) is 3. The Kier molecular flexibility index (Phi) is 9.69. The third-order valence-corrected chi connectivity index (χ3v) is 5.43. The Balaban J connectivity index is 2.14. The van der Waals surface area contributed by atoms with E-state index in [9.17, 15) is 39.0 Å². The smallest absolute Gasteiger partial charge is 0.326 e. The van der Waals surface area contributed by atoms with E-state index < -0.39 is 72.6 Å². The number of carboxylic acids is 3. The summed E-state index contributed by atoms with van der Waals surface area (Å²) in [4.78, 5) is 79.7. The predicted octanol–water partition coefficient (Wildman–Crippen LogP) is -2.34. The normalized spacial score (nSPS) is 17.7. The standard InChI is InChI=1S/C20H28N6O9/c21-11(6-10-8-22-9-23-10)17(31)25-13(7-16(29)30)18(32)24-12(3-4-15(27)28)19(33)26-5-1-2-14(26)20(34)35/h8-9,11-14H,1-7,21H2,(H,22,23)(H,24,32)(H,25,31)(H,27,28)(H,29,30)(H,34,35). The Bertz CT molecular complexity index is 951. The first-order valence-electron chi connectivity index (χ1n) is 10.8. The summed E-state index contributed by atoms with van der Waals surface area (Å²) in [5.41, 5.74) is 6.36. The van der Waals surface area contributed by atoms with Gasteiger partial charge in [0, 0.05) is 31.3 Å². The summed E-state index contributed by atoms with van der Waals surface area (Å²) in [6, 6.07) is -5.33. The molecule has 1 fully saturated rings. The van der Waals surface area contributed by atoms with E-state index >= 15 is 0 Å². The van der Waals surface area contributed by atoms with Gasteiger partial charge in [0.2, 0.25) is 17.7 Å². The zero-order chi connectivity index (χ0) is 26.1. The Morgan fingerprint density at radius 2 is 1.77 bits per heavy atom. The largest absolute Gasteiger partial charge is 0.481 e. The average molecular weight is 496 g/mol. The number of amides is 3. The van der Waals surface area contributed by atoms with E-state index in [0.29, 0.717) is 12.1 Å². The van der Waals surface area contributed by atoms with Crippen molar-refractivity contribution in [3.05, 3.63) is 18.2 Å². The first-order chi connectivity index (χ1) is 16.5. The van der Waals surface area contributed by atoms with Crippen LogP contribution >= 0.6 is 0 Å². The Morgan fingerprint density at radius 1 is 1.09 bits per heavy atom. The van der Waals surface area contributed by atoms with E-state index in [2.05, 4.69) is 20.6 Å². The second kappa shape index (κ2) is 12.5. The molecule has 1 aliphatic heterocycles. The lowest BCUT2D eigenvalue weighted by Crippen LogP contribution is -2.57. The van der Waals surface area contributed by atoms with Crippen LogP contribution in [0.4, 0.5) is 0 Å². The quantitative estimate of drug-likeness (QED) is 0.152. The van der Waals surface area contributed by atoms with Crippen molar-refractivity contribution in [2.75, 3.05) is 6.54 Å². The zero-order valence-corrected chi connectivity index (χ0v) is 18.7. The second-order valence-corrected chi connectivity index (χ2v) is 8.07. The van der Waals surface area contributed by atoms with Crippen LogP contribution in [0.15, 0.2) is 12.5 Å². The van der Waals surface area contributed by atoms with Gasteiger partial charge >= 0.3 is 17.9 Å². The van der Waals surface area contributed by atoms with E-state index in [-0.39, 0.29) is 25.8 Å². The van der Waals surface area contributed by atoms with Crippen LogP contribution in [0.2, 0.25) is 0 Å². The average Bonchev–Trinajstić information content (AvgIpc) is 3.47. The van der Waals surface area contributed by atoms with Crippen LogP contribution in [0.5, 0.6) is 0 Å². The monoisotopic (exact) mass is 496 g/mol. The summed E-state index contributed by atoms with van der Waals surface area (Å²) in [6.07, 6.45) is 1.73. The van der Waals surface area contributed by atoms with E-state index in [0.717, 1.165) is 4.90 Å². The molecule has 0 radical (unpaired) electrons. The molecule has 15 nitrogen and oxygen atoms in total. The van der Waals surface area contributed by atoms with Gasteiger partial charge in [0.25, 0.3) is 0 Å². The molecule has 0 spiro atoms. The molecule has 1 aromatic rings. The molecule has 0 aliphatic carbocycles. The highest BCUT2D eigenvalue weighted by Gasteiger charge is 2.38. The van der Waals surface area contributed by atoms with Gasteiger partial charge in [-0.3, -0.25) is 24.0 Å². The first-order valence-corrected chi connectivity index (χ1v) is 10.8. The molecule has 1 saturated heterocycles. The van der Waals surface area contributed by atoms with Gasteiger partial charge in [-0.05, 0) is 19.3 Å². The molecule has 4 unspecified atom stereocenters. The molecule has 8 N–H and O–H groups in total. The van der Waals surface area contributed by atoms with Gasteiger partial charge in [-0.25, -0.2) is 9.78 Å². The molecule has 2 rings (SSSR count). The number of likely N-dealkylation sites (tertiary alicyclic amines) is 1. The van der Waals surface area contributed by atoms with Gasteiger partial charge in [-0.2, -0.15) is 0 Å². The topological polar surface area (TPSA) is 245 Å². The summed E-state index contributed by atoms with van der Waals surface area (Å²) in [6.45, 7) is 0.104. The molecule has 4 atom stereocenters. The van der Waals surface area contributed by atoms with Gasteiger partial charge in [0.1, 0.15) is 18.1 Å². The maximum atomic E-state index is 13.0. The maximum Gasteiger partial charge on any atom is 0.326 e. The van der Waals surface area contributed by atoms with Crippen LogP contribution in [0, 0.1) is 0 Å². The molecular weight excluding hydrogens is 468 g/mol. The SMILES string of the molecule is NC(Cc1cnc[nH]1)C(=O)NC(CC(=O)O)C(=O)NC(CCC(=O)O)C(=O)N1CCCC1C(=O)O. The van der Waals surface area contributed by atoms with Crippen molar-refractivity contribution < 1.29 is 44.1 Å². The summed E-state index contributed by atoms with van der Waals surface area (Å²) in [7, 11) is 0. The fourth-order valence-electron chi connectivity index (χ4n) is 3.67. The van der Waals surface area contributed by atoms with Gasteiger partial charge in [-0.15, -0.1) is 0 Å². The number of nitrogens with two attached hydrogens (primary N) is 1. The lowest BCUT2D eigenvalue weighted by molar-refractivity contribution is -0.150. The van der Waals surface area contributed by atoms with E-state index in [1.807, 2.05) is 0 Å². The van der Waals surface area contributed by atoms with Gasteiger partial charge in [0.05, 0.1) is 18.8 Å². The summed E-state index contributed by atoms with van der Waals surface area (Å²) >= 11 is 0. The number of aromatic amines is 1. The predicted molar refractivity (Wildman–Crippen MR) is 116 cm³/mol. The fraction of sp³-hybridized carbons (Fsp3) is 0.550. The Labute approximate surface area is 199 Å². The lowest BCUT2D eigenvalue weighted by atomic mass is 10.1. The highest BCUT2D eigenvalue weighted by atomic mass is 16.4. The number of imidazole rings is 1. The number of aromatic nitrogens is 2. The van der Waals surface area contributed by atoms with Crippen molar-refractivity contribution in [3.63, 3.8) is 0 Å². The van der Waals surface area contributed by atoms with Crippen LogP contribution in [-0.2, 0) is 35.2 Å². The number of aliphatic carboxylic acids is 3. The number of nitrogens with zero attached hydrogens (tertiary/aromatic N) is 2. The minimum Gasteiger partial charge on any atom is -0.481 e. The number of H-pyrrole nitrogens is 1. The molecule has 0 saturated carbocycles. The van der Waals surface area contributed by atoms with E-state index in [1.165, 1.54) is 12.5 Å². The number of hydrogen-bond donors (Lipinski definition) is 7. The van der Waals surface area contributed by atoms with Crippen molar-refractivity contribution in [2.45, 2.75) is 62.7 Å². The number of carbonyl (C=O) groups excluding carboxylic acids is 3. The highest BCUT2D eigenvalue weighted by molar-refractivity contribution is 5.96. The zero-order valence-electron chi connectivity index (χ0n) is 18.7. The molecule has 1 aromatic heterocycles. The van der Waals surface area contributed by atoms with E-state index in [4.69, 9.17) is 10.8 Å². The molecule has 2 heterocycles. The maximum absolute atomic E-state index is 13.0. The highest BCUT2D eigenvalue weighted by Crippen LogP contribution is 2.19. The molecule has 3 amide bonds. The summed E-state index contributed by atoms with van der Waals surface area (Å²) in [5, 5.41) is 32.1. The molecule has 1 aliphatic rings. The molecule has 192 valence electrons. The summed E-state index contributed by atoms with van der Waals surface area (Å²) in [5.74, 6) is -6.61. The fourth-order valence-corrected chi connectivity index (χ4v) is 3.67. The summed E-state index contributed by atoms with van der Waals surface area (Å²) < 4.78 is 0. The van der Waals surface area contributed by atoms with Crippen molar-refractivity contribution >= 4 is 35.6 Å². The van der Waals surface area contributed by atoms with Crippen molar-refractivity contribution in [1.82, 2.24) is 25.5 Å². The molecule has 0 bridgehead atoms. The number of nitrogens with one attached hydrogen (secondary N) is 3. The van der Waals surface area contributed by atoms with Crippen LogP contribution in [0.25, 0.3) is 0 Å². The van der Waals surface area contributed by atoms with Gasteiger partial charge in [-0.1, -0.05) is 0 Å². The molecular formula is C20H28N6O9. The molecule has 0 aromatic carbocycles. The number of rotatable bonds is 13. The molecule has 35 heavy (non-hydrogen) atoms. The third-order valence-electron chi connectivity index (χ3n) is 5.43. The van der Waals surface area contributed by atoms with Crippen molar-refractivity contribution in [3.8, 4) is 0 Å². The van der Waals surface area contributed by atoms with E-state index in [1.54, 1.807) is 0 Å². The third kappa shape index (κ3) is 8.06. The minimum absolute atomic E-state index is 0.0263. The van der Waals surface area contributed by atoms with Crippen LogP contribution in [-0.4, -0.2) is 96.5 Å². The molecule has 15 heteroatoms. The van der Waals surface area contributed by atoms with Crippen LogP contribution < -0.4 is 16.4 Å². The van der Waals surface area contributed by atoms with Crippen molar-refractivity contribution in [2.24, 2.45) is 5.73 Å². The number of hydrogen-bond acceptors (Lipinski definition) is 8. The van der Waals surface area contributed by atoms with Crippen LogP contribution in [0.3, 0.4) is 0 Å². The minimum atomic E-state index is -1.62.